The number of fused-ring (bicyclic) bond motifs is 2. The molecule has 0 bridgehead atoms. The molecule has 2 atom stereocenters. The minimum Gasteiger partial charge on any atom is -0.453 e. The summed E-state index contributed by atoms with van der Waals surface area (Å²) in [6, 6.07) is 20.2. The number of aromatic amines is 2. The van der Waals surface area contributed by atoms with Crippen LogP contribution in [-0.2, 0) is 28.5 Å². The van der Waals surface area contributed by atoms with E-state index in [1.807, 2.05) is 30.9 Å². The lowest BCUT2D eigenvalue weighted by molar-refractivity contribution is -0.152. The highest BCUT2D eigenvalue weighted by atomic mass is 16.7. The van der Waals surface area contributed by atoms with Gasteiger partial charge in [0.2, 0.25) is 11.8 Å². The van der Waals surface area contributed by atoms with E-state index in [0.29, 0.717) is 39.3 Å². The quantitative estimate of drug-likeness (QED) is 0.124. The Morgan fingerprint density at radius 1 is 0.810 bits per heavy atom. The Kier molecular flexibility index (Phi) is 13.7. The van der Waals surface area contributed by atoms with Crippen LogP contribution < -0.4 is 10.6 Å². The number of carbonyl (C=O) groups excluding carboxylic acids is 4. The number of hydrogen-bond acceptors (Lipinski definition) is 10. The molecule has 4 amide bonds. The van der Waals surface area contributed by atoms with Gasteiger partial charge in [0, 0.05) is 19.5 Å². The first-order valence-corrected chi connectivity index (χ1v) is 21.8. The van der Waals surface area contributed by atoms with Gasteiger partial charge >= 0.3 is 12.2 Å². The lowest BCUT2D eigenvalue weighted by Gasteiger charge is -2.30. The van der Waals surface area contributed by atoms with Crippen molar-refractivity contribution in [2.45, 2.75) is 78.2 Å². The monoisotopic (exact) mass is 864 g/mol. The number of rotatable bonds is 8. The van der Waals surface area contributed by atoms with Gasteiger partial charge in [0.05, 0.1) is 68.4 Å². The van der Waals surface area contributed by atoms with E-state index >= 15 is 0 Å². The van der Waals surface area contributed by atoms with E-state index in [1.54, 1.807) is 11.2 Å². The highest BCUT2D eigenvalue weighted by molar-refractivity contribution is 5.88. The average Bonchev–Trinajstić information content (AvgIpc) is 3.90. The summed E-state index contributed by atoms with van der Waals surface area (Å²) in [5.41, 5.74) is 8.42. The smallest absolute Gasteiger partial charge is 0.407 e. The first-order chi connectivity index (χ1) is 30.2. The van der Waals surface area contributed by atoms with Gasteiger partial charge in [0.1, 0.15) is 18.4 Å². The number of aromatic nitrogens is 4. The Labute approximate surface area is 367 Å². The van der Waals surface area contributed by atoms with Crippen molar-refractivity contribution in [1.29, 1.82) is 0 Å². The molecular weight excluding hydrogens is 805 g/mol. The van der Waals surface area contributed by atoms with Crippen LogP contribution in [0.3, 0.4) is 0 Å². The van der Waals surface area contributed by atoms with E-state index in [-0.39, 0.29) is 35.7 Å². The van der Waals surface area contributed by atoms with E-state index in [1.165, 1.54) is 14.2 Å². The van der Waals surface area contributed by atoms with Crippen LogP contribution in [0.1, 0.15) is 72.2 Å². The Morgan fingerprint density at radius 3 is 2.02 bits per heavy atom. The van der Waals surface area contributed by atoms with Crippen molar-refractivity contribution in [2.24, 2.45) is 17.3 Å². The van der Waals surface area contributed by atoms with Gasteiger partial charge in [-0.1, -0.05) is 71.0 Å². The maximum atomic E-state index is 13.8. The second-order valence-electron chi connectivity index (χ2n) is 17.9. The first-order valence-electron chi connectivity index (χ1n) is 21.8. The zero-order valence-electron chi connectivity index (χ0n) is 37.3. The number of amides is 4. The van der Waals surface area contributed by atoms with Gasteiger partial charge in [-0.3, -0.25) is 9.59 Å². The molecule has 9 rings (SSSR count). The summed E-state index contributed by atoms with van der Waals surface area (Å²) in [4.78, 5) is 67.9. The first kappa shape index (κ1) is 45.0. The molecular formula is C47H60N8O8. The fourth-order valence-electron chi connectivity index (χ4n) is 8.32. The molecule has 4 N–H and O–H groups in total. The summed E-state index contributed by atoms with van der Waals surface area (Å²) in [5, 5.41) is 5.10. The molecule has 1 aliphatic carbocycles. The van der Waals surface area contributed by atoms with Crippen molar-refractivity contribution in [3.8, 4) is 22.3 Å². The van der Waals surface area contributed by atoms with Crippen LogP contribution in [0.2, 0.25) is 0 Å². The van der Waals surface area contributed by atoms with Gasteiger partial charge < -0.3 is 49.3 Å². The molecule has 16 heteroatoms. The zero-order chi connectivity index (χ0) is 44.9. The summed E-state index contributed by atoms with van der Waals surface area (Å²) in [5.74, 6) is 0.694. The van der Waals surface area contributed by atoms with E-state index in [2.05, 4.69) is 99.6 Å². The fraction of sp³-hybridized carbons (Fsp3) is 0.489. The highest BCUT2D eigenvalue weighted by Crippen LogP contribution is 2.58. The molecule has 16 nitrogen and oxygen atoms in total. The summed E-state index contributed by atoms with van der Waals surface area (Å²) in [6.45, 7) is 13.1. The number of imidazole rings is 2. The average molecular weight is 865 g/mol. The number of likely N-dealkylation sites (tertiary alicyclic amines) is 2. The molecule has 4 fully saturated rings. The van der Waals surface area contributed by atoms with Crippen LogP contribution in [0, 0.1) is 17.3 Å². The molecule has 2 spiro atoms. The second-order valence-corrected chi connectivity index (χ2v) is 17.9. The lowest BCUT2D eigenvalue weighted by atomic mass is 10.00. The largest absolute Gasteiger partial charge is 0.453 e. The third-order valence-electron chi connectivity index (χ3n) is 11.9. The molecule has 336 valence electrons. The second kappa shape index (κ2) is 19.2. The molecule has 0 radical (unpaired) electrons. The van der Waals surface area contributed by atoms with E-state index < -0.39 is 24.0 Å². The maximum absolute atomic E-state index is 13.8. The summed E-state index contributed by atoms with van der Waals surface area (Å²) in [7, 11) is 2.57. The highest BCUT2D eigenvalue weighted by Gasteiger charge is 2.55. The van der Waals surface area contributed by atoms with E-state index in [9.17, 15) is 19.2 Å². The number of nitrogens with one attached hydrogen (secondary N) is 4. The molecule has 2 aromatic heterocycles. The summed E-state index contributed by atoms with van der Waals surface area (Å²) >= 11 is 0. The molecule has 1 saturated carbocycles. The van der Waals surface area contributed by atoms with Crippen molar-refractivity contribution < 1.29 is 38.1 Å². The van der Waals surface area contributed by atoms with Gasteiger partial charge in [0.25, 0.3) is 0 Å². The standard InChI is InChI=1S/C33H34N6O3.C10H16N2O5.C4H10/c1-19(2)29(38-32(41)42-3)31(40)39-17-33(12-13-33)16-28(39)30-36-25-11-9-23(15-27(25)37-30)21-6-4-20(5-7-21)22-8-10-24-26(14-22)35-18-34-24;1-15-9(14)11-6-8(13)12-3-2-10(7-12)16-4-5-17-10;1-4(2)3/h4-11,14-15,18-19,28-29H,12-13,16-17H2,1-3H3,(H,34,35)(H,36,37)(H,38,41);2-7H2,1H3,(H,11,14);4H,1-3H3. The predicted molar refractivity (Wildman–Crippen MR) is 238 cm³/mol. The number of alkyl carbamates (subject to hydrolysis) is 2. The minimum absolute atomic E-state index is 0.0667. The van der Waals surface area contributed by atoms with Crippen molar-refractivity contribution in [3.63, 3.8) is 0 Å². The topological polar surface area (TPSA) is 193 Å². The summed E-state index contributed by atoms with van der Waals surface area (Å²) < 4.78 is 20.2. The van der Waals surface area contributed by atoms with Gasteiger partial charge in [0.15, 0.2) is 5.79 Å². The van der Waals surface area contributed by atoms with Crippen LogP contribution in [-0.4, -0.2) is 119 Å². The number of ether oxygens (including phenoxy) is 4. The van der Waals surface area contributed by atoms with E-state index in [0.717, 1.165) is 75.3 Å². The fourth-order valence-corrected chi connectivity index (χ4v) is 8.32. The molecule has 5 heterocycles. The Bertz CT molecular complexity index is 2400. The molecule has 2 unspecified atom stereocenters. The number of hydrogen-bond donors (Lipinski definition) is 4. The summed E-state index contributed by atoms with van der Waals surface area (Å²) in [6.07, 6.45) is 4.28. The Balaban J connectivity index is 0.000000235. The lowest BCUT2D eigenvalue weighted by Crippen LogP contribution is -2.51. The minimum atomic E-state index is -0.658. The van der Waals surface area contributed by atoms with Crippen molar-refractivity contribution in [1.82, 2.24) is 40.4 Å². The maximum Gasteiger partial charge on any atom is 0.407 e. The van der Waals surface area contributed by atoms with Gasteiger partial charge in [-0.25, -0.2) is 19.6 Å². The third kappa shape index (κ3) is 10.6. The normalized spacial score (nSPS) is 18.6. The molecule has 3 aromatic carbocycles. The molecule has 63 heavy (non-hydrogen) atoms. The zero-order valence-corrected chi connectivity index (χ0v) is 37.3. The molecule has 5 aromatic rings. The third-order valence-corrected chi connectivity index (χ3v) is 11.9. The van der Waals surface area contributed by atoms with Crippen LogP contribution >= 0.6 is 0 Å². The van der Waals surface area contributed by atoms with Crippen LogP contribution in [0.15, 0.2) is 67.0 Å². The van der Waals surface area contributed by atoms with Crippen LogP contribution in [0.25, 0.3) is 44.3 Å². The Hall–Kier alpha value is -6.00. The van der Waals surface area contributed by atoms with Crippen molar-refractivity contribution >= 4 is 46.1 Å². The van der Waals surface area contributed by atoms with Crippen LogP contribution in [0.5, 0.6) is 0 Å². The Morgan fingerprint density at radius 2 is 1.41 bits per heavy atom. The number of methoxy groups -OCH3 is 2. The number of carbonyl (C=O) groups is 4. The van der Waals surface area contributed by atoms with Gasteiger partial charge in [-0.05, 0) is 83.0 Å². The van der Waals surface area contributed by atoms with Gasteiger partial charge in [-0.2, -0.15) is 0 Å². The number of H-pyrrole nitrogens is 2. The predicted octanol–water partition coefficient (Wildman–Crippen LogP) is 7.19. The molecule has 3 saturated heterocycles. The molecule has 3 aliphatic heterocycles. The van der Waals surface area contributed by atoms with Gasteiger partial charge in [-0.15, -0.1) is 0 Å². The van der Waals surface area contributed by atoms with Crippen molar-refractivity contribution in [3.05, 3.63) is 72.8 Å². The number of nitrogens with zero attached hydrogens (tertiary/aromatic N) is 4. The molecule has 4 aliphatic rings. The van der Waals surface area contributed by atoms with E-state index in [4.69, 9.17) is 19.2 Å². The number of benzene rings is 3. The SMILES string of the molecule is CC(C)C.COC(=O)NC(C(=O)N1CC2(CC2)CC1c1nc2ccc(-c3ccc(-c4ccc5nc[nH]c5c4)cc3)cc2[nH]1)C(C)C.COC(=O)NCC(=O)N1CCC2(C1)OCCO2. The van der Waals surface area contributed by atoms with Crippen LogP contribution in [0.4, 0.5) is 9.59 Å². The van der Waals surface area contributed by atoms with Crippen molar-refractivity contribution in [2.75, 3.05) is 53.6 Å².